The third-order valence-corrected chi connectivity index (χ3v) is 5.73. The quantitative estimate of drug-likeness (QED) is 0.930. The van der Waals surface area contributed by atoms with Gasteiger partial charge in [0.15, 0.2) is 5.13 Å². The summed E-state index contributed by atoms with van der Waals surface area (Å²) in [6, 6.07) is 0.815. The largest absolute Gasteiger partial charge is 0.391 e. The Kier molecular flexibility index (Phi) is 4.27. The number of piperazine rings is 1. The Morgan fingerprint density at radius 1 is 1.21 bits per heavy atom. The molecule has 1 aromatic rings. The van der Waals surface area contributed by atoms with Crippen molar-refractivity contribution < 1.29 is 5.11 Å². The molecule has 2 heterocycles. The Morgan fingerprint density at radius 2 is 1.89 bits per heavy atom. The van der Waals surface area contributed by atoms with E-state index >= 15 is 0 Å². The third-order valence-electron chi connectivity index (χ3n) is 4.21. The van der Waals surface area contributed by atoms with Crippen LogP contribution in [0.4, 0.5) is 5.13 Å². The standard InChI is InChI=1S/C13H20ClN3OS/c14-12-11(9-18)19-13(15-12)17-7-5-16(6-8-17)10-3-1-2-4-10/h10,18H,1-9H2. The summed E-state index contributed by atoms with van der Waals surface area (Å²) in [5, 5.41) is 10.6. The summed E-state index contributed by atoms with van der Waals surface area (Å²) in [5.41, 5.74) is 0. The van der Waals surface area contributed by atoms with Crippen LogP contribution in [-0.2, 0) is 6.61 Å². The molecule has 1 aliphatic carbocycles. The Morgan fingerprint density at radius 3 is 2.47 bits per heavy atom. The van der Waals surface area contributed by atoms with Crippen LogP contribution in [0.1, 0.15) is 30.6 Å². The highest BCUT2D eigenvalue weighted by Gasteiger charge is 2.27. The highest BCUT2D eigenvalue weighted by atomic mass is 35.5. The van der Waals surface area contributed by atoms with Crippen molar-refractivity contribution >= 4 is 28.1 Å². The summed E-state index contributed by atoms with van der Waals surface area (Å²) in [7, 11) is 0. The second-order valence-electron chi connectivity index (χ2n) is 5.33. The molecule has 1 saturated heterocycles. The van der Waals surface area contributed by atoms with Gasteiger partial charge in [-0.3, -0.25) is 4.90 Å². The molecular formula is C13H20ClN3OS. The molecule has 0 bridgehead atoms. The van der Waals surface area contributed by atoms with Gasteiger partial charge in [0.05, 0.1) is 11.5 Å². The first-order valence-electron chi connectivity index (χ1n) is 7.03. The van der Waals surface area contributed by atoms with Crippen LogP contribution < -0.4 is 4.90 Å². The molecule has 0 spiro atoms. The Hall–Kier alpha value is -0.360. The number of hydrogen-bond acceptors (Lipinski definition) is 5. The van der Waals surface area contributed by atoms with E-state index in [4.69, 9.17) is 11.6 Å². The predicted octanol–water partition coefficient (Wildman–Crippen LogP) is 2.35. The molecule has 3 rings (SSSR count). The van der Waals surface area contributed by atoms with E-state index in [1.54, 1.807) is 0 Å². The fourth-order valence-electron chi connectivity index (χ4n) is 3.10. The zero-order valence-corrected chi connectivity index (χ0v) is 12.6. The van der Waals surface area contributed by atoms with Gasteiger partial charge in [0.25, 0.3) is 0 Å². The molecule has 0 radical (unpaired) electrons. The van der Waals surface area contributed by atoms with E-state index in [-0.39, 0.29) is 6.61 Å². The molecule has 0 aromatic carbocycles. The molecule has 1 aliphatic heterocycles. The number of nitrogens with zero attached hydrogens (tertiary/aromatic N) is 3. The van der Waals surface area contributed by atoms with E-state index in [1.165, 1.54) is 37.0 Å². The Balaban J connectivity index is 1.59. The number of aliphatic hydroxyl groups excluding tert-OH is 1. The van der Waals surface area contributed by atoms with Gasteiger partial charge in [0.1, 0.15) is 5.15 Å². The van der Waals surface area contributed by atoms with E-state index in [9.17, 15) is 5.11 Å². The minimum atomic E-state index is -0.0153. The second kappa shape index (κ2) is 5.95. The van der Waals surface area contributed by atoms with Crippen LogP contribution in [0.5, 0.6) is 0 Å². The summed E-state index contributed by atoms with van der Waals surface area (Å²) in [4.78, 5) is 10.1. The lowest BCUT2D eigenvalue weighted by molar-refractivity contribution is 0.187. The lowest BCUT2D eigenvalue weighted by Crippen LogP contribution is -2.49. The molecule has 106 valence electrons. The smallest absolute Gasteiger partial charge is 0.187 e. The fourth-order valence-corrected chi connectivity index (χ4v) is 4.27. The van der Waals surface area contributed by atoms with E-state index < -0.39 is 0 Å². The van der Waals surface area contributed by atoms with Gasteiger partial charge in [-0.1, -0.05) is 35.8 Å². The monoisotopic (exact) mass is 301 g/mol. The molecule has 1 aromatic heterocycles. The molecule has 0 amide bonds. The summed E-state index contributed by atoms with van der Waals surface area (Å²) in [6.45, 7) is 4.27. The van der Waals surface area contributed by atoms with Crippen molar-refractivity contribution in [2.45, 2.75) is 38.3 Å². The van der Waals surface area contributed by atoms with Crippen LogP contribution in [0.25, 0.3) is 0 Å². The van der Waals surface area contributed by atoms with Crippen LogP contribution in [0.15, 0.2) is 0 Å². The van der Waals surface area contributed by atoms with Crippen molar-refractivity contribution in [3.63, 3.8) is 0 Å². The molecule has 1 N–H and O–H groups in total. The predicted molar refractivity (Wildman–Crippen MR) is 79.1 cm³/mol. The summed E-state index contributed by atoms with van der Waals surface area (Å²) in [6.07, 6.45) is 5.54. The van der Waals surface area contributed by atoms with Crippen LogP contribution in [-0.4, -0.2) is 47.2 Å². The SMILES string of the molecule is OCc1sc(N2CCN(C3CCCC3)CC2)nc1Cl. The van der Waals surface area contributed by atoms with Gasteiger partial charge < -0.3 is 10.0 Å². The third kappa shape index (κ3) is 2.89. The van der Waals surface area contributed by atoms with Gasteiger partial charge in [-0.2, -0.15) is 0 Å². The first kappa shape index (κ1) is 13.6. The highest BCUT2D eigenvalue weighted by Crippen LogP contribution is 2.31. The first-order valence-corrected chi connectivity index (χ1v) is 8.22. The van der Waals surface area contributed by atoms with Crippen molar-refractivity contribution in [3.8, 4) is 0 Å². The lowest BCUT2D eigenvalue weighted by atomic mass is 10.2. The van der Waals surface area contributed by atoms with Gasteiger partial charge in [-0.15, -0.1) is 0 Å². The fraction of sp³-hybridized carbons (Fsp3) is 0.769. The lowest BCUT2D eigenvalue weighted by Gasteiger charge is -2.37. The number of aromatic nitrogens is 1. The van der Waals surface area contributed by atoms with Crippen molar-refractivity contribution in [2.24, 2.45) is 0 Å². The number of thiazole rings is 1. The minimum Gasteiger partial charge on any atom is -0.391 e. The molecule has 0 atom stereocenters. The maximum absolute atomic E-state index is 9.17. The molecule has 0 unspecified atom stereocenters. The second-order valence-corrected chi connectivity index (χ2v) is 6.75. The number of halogens is 1. The zero-order chi connectivity index (χ0) is 13.2. The minimum absolute atomic E-state index is 0.0153. The van der Waals surface area contributed by atoms with E-state index in [0.29, 0.717) is 5.15 Å². The van der Waals surface area contributed by atoms with Gasteiger partial charge in [0.2, 0.25) is 0 Å². The van der Waals surface area contributed by atoms with Crippen molar-refractivity contribution in [1.82, 2.24) is 9.88 Å². The van der Waals surface area contributed by atoms with Crippen LogP contribution >= 0.6 is 22.9 Å². The highest BCUT2D eigenvalue weighted by molar-refractivity contribution is 7.16. The van der Waals surface area contributed by atoms with E-state index in [1.807, 2.05) is 0 Å². The van der Waals surface area contributed by atoms with E-state index in [2.05, 4.69) is 14.8 Å². The van der Waals surface area contributed by atoms with E-state index in [0.717, 1.165) is 42.2 Å². The first-order chi connectivity index (χ1) is 9.28. The van der Waals surface area contributed by atoms with Crippen LogP contribution in [0.2, 0.25) is 5.15 Å². The molecule has 2 aliphatic rings. The number of anilines is 1. The van der Waals surface area contributed by atoms with Crippen molar-refractivity contribution in [1.29, 1.82) is 0 Å². The molecular weight excluding hydrogens is 282 g/mol. The van der Waals surface area contributed by atoms with Crippen LogP contribution in [0, 0.1) is 0 Å². The summed E-state index contributed by atoms with van der Waals surface area (Å²) >= 11 is 7.51. The Labute approximate surface area is 123 Å². The number of hydrogen-bond donors (Lipinski definition) is 1. The molecule has 4 nitrogen and oxygen atoms in total. The molecule has 6 heteroatoms. The van der Waals surface area contributed by atoms with Gasteiger partial charge in [-0.25, -0.2) is 4.98 Å². The normalized spacial score (nSPS) is 22.3. The zero-order valence-electron chi connectivity index (χ0n) is 11.0. The average molecular weight is 302 g/mol. The molecule has 1 saturated carbocycles. The van der Waals surface area contributed by atoms with Crippen molar-refractivity contribution in [3.05, 3.63) is 10.0 Å². The summed E-state index contributed by atoms with van der Waals surface area (Å²) in [5.74, 6) is 0. The Bertz CT molecular complexity index is 426. The van der Waals surface area contributed by atoms with Crippen LogP contribution in [0.3, 0.4) is 0 Å². The number of aliphatic hydroxyl groups is 1. The molecule has 19 heavy (non-hydrogen) atoms. The average Bonchev–Trinajstić information content (AvgIpc) is 3.08. The maximum Gasteiger partial charge on any atom is 0.187 e. The van der Waals surface area contributed by atoms with Gasteiger partial charge in [0, 0.05) is 32.2 Å². The van der Waals surface area contributed by atoms with Gasteiger partial charge >= 0.3 is 0 Å². The molecule has 2 fully saturated rings. The van der Waals surface area contributed by atoms with Gasteiger partial charge in [-0.05, 0) is 12.8 Å². The number of rotatable bonds is 3. The topological polar surface area (TPSA) is 39.6 Å². The van der Waals surface area contributed by atoms with Crippen molar-refractivity contribution in [2.75, 3.05) is 31.1 Å². The maximum atomic E-state index is 9.17. The summed E-state index contributed by atoms with van der Waals surface area (Å²) < 4.78 is 0.